The van der Waals surface area contributed by atoms with Gasteiger partial charge in [-0.15, -0.1) is 0 Å². The molecule has 1 fully saturated rings. The molecule has 0 aliphatic heterocycles. The Kier molecular flexibility index (Phi) is 6.35. The monoisotopic (exact) mass is 435 g/mol. The molecule has 4 rings (SSSR count). The molecule has 0 spiro atoms. The summed E-state index contributed by atoms with van der Waals surface area (Å²) in [6, 6.07) is 13.4. The molecule has 1 atom stereocenters. The van der Waals surface area contributed by atoms with Crippen molar-refractivity contribution < 1.29 is 9.90 Å². The van der Waals surface area contributed by atoms with Crippen molar-refractivity contribution in [1.29, 1.82) is 0 Å². The number of aliphatic hydroxyl groups is 1. The van der Waals surface area contributed by atoms with Crippen molar-refractivity contribution in [2.75, 3.05) is 6.54 Å². The number of amides is 1. The lowest BCUT2D eigenvalue weighted by Gasteiger charge is -2.23. The number of nitrogens with one attached hydrogen (secondary N) is 1. The molecule has 0 radical (unpaired) electrons. The number of pyridine rings is 2. The van der Waals surface area contributed by atoms with Gasteiger partial charge >= 0.3 is 0 Å². The zero-order chi connectivity index (χ0) is 21.8. The van der Waals surface area contributed by atoms with E-state index in [1.165, 1.54) is 0 Å². The summed E-state index contributed by atoms with van der Waals surface area (Å²) in [5.41, 5.74) is 3.51. The third-order valence-corrected chi connectivity index (χ3v) is 6.08. The third-order valence-electron chi connectivity index (χ3n) is 5.82. The number of carbonyl (C=O) groups is 1. The van der Waals surface area contributed by atoms with E-state index >= 15 is 0 Å². The highest BCUT2D eigenvalue weighted by atomic mass is 35.5. The number of hydrogen-bond acceptors (Lipinski definition) is 4. The minimum atomic E-state index is -0.869. The second kappa shape index (κ2) is 9.16. The minimum Gasteiger partial charge on any atom is -0.388 e. The molecule has 1 amide bonds. The largest absolute Gasteiger partial charge is 0.388 e. The van der Waals surface area contributed by atoms with Crippen LogP contribution in [0.2, 0.25) is 5.02 Å². The lowest BCUT2D eigenvalue weighted by Crippen LogP contribution is -2.42. The molecular weight excluding hydrogens is 410 g/mol. The first kappa shape index (κ1) is 21.5. The smallest absolute Gasteiger partial charge is 0.252 e. The Bertz CT molecular complexity index is 1050. The standard InChI is InChI=1S/C25H26ClN3O2/c1-25(31,20-7-8-20)16-29-24(30)19-13-22(18-5-9-21(26)10-6-18)23(28-15-19)11-4-17-3-2-12-27-14-17/h2-3,5-6,9-10,12-15,20,31H,4,7-8,11,16H2,1H3,(H,29,30)/t25-/m0/s1. The van der Waals surface area contributed by atoms with Gasteiger partial charge in [-0.2, -0.15) is 0 Å². The average molecular weight is 436 g/mol. The van der Waals surface area contributed by atoms with Gasteiger partial charge in [-0.3, -0.25) is 14.8 Å². The lowest BCUT2D eigenvalue weighted by atomic mass is 9.98. The van der Waals surface area contributed by atoms with Gasteiger partial charge in [0.25, 0.3) is 5.91 Å². The Morgan fingerprint density at radius 3 is 2.65 bits per heavy atom. The summed E-state index contributed by atoms with van der Waals surface area (Å²) in [7, 11) is 0. The minimum absolute atomic E-state index is 0.232. The predicted molar refractivity (Wildman–Crippen MR) is 122 cm³/mol. The number of rotatable bonds is 8. The van der Waals surface area contributed by atoms with E-state index < -0.39 is 5.60 Å². The fraction of sp³-hybridized carbons (Fsp3) is 0.320. The second-order valence-electron chi connectivity index (χ2n) is 8.40. The first-order valence-electron chi connectivity index (χ1n) is 10.6. The van der Waals surface area contributed by atoms with E-state index in [2.05, 4.69) is 15.3 Å². The zero-order valence-electron chi connectivity index (χ0n) is 17.5. The summed E-state index contributed by atoms with van der Waals surface area (Å²) in [5.74, 6) is 0.0350. The van der Waals surface area contributed by atoms with Crippen LogP contribution >= 0.6 is 11.6 Å². The van der Waals surface area contributed by atoms with E-state index in [-0.39, 0.29) is 18.4 Å². The van der Waals surface area contributed by atoms with Crippen molar-refractivity contribution >= 4 is 17.5 Å². The quantitative estimate of drug-likeness (QED) is 0.547. The van der Waals surface area contributed by atoms with Crippen LogP contribution in [0.25, 0.3) is 11.1 Å². The van der Waals surface area contributed by atoms with Crippen LogP contribution in [-0.4, -0.2) is 33.1 Å². The molecule has 0 bridgehead atoms. The van der Waals surface area contributed by atoms with Crippen LogP contribution in [0.3, 0.4) is 0 Å². The molecule has 0 saturated heterocycles. The highest BCUT2D eigenvalue weighted by Gasteiger charge is 2.40. The van der Waals surface area contributed by atoms with Crippen LogP contribution in [0, 0.1) is 5.92 Å². The number of hydrogen-bond donors (Lipinski definition) is 2. The molecule has 160 valence electrons. The lowest BCUT2D eigenvalue weighted by molar-refractivity contribution is 0.0354. The molecule has 2 aromatic heterocycles. The van der Waals surface area contributed by atoms with Crippen LogP contribution in [0.1, 0.15) is 41.4 Å². The van der Waals surface area contributed by atoms with Gasteiger partial charge in [-0.05, 0) is 73.9 Å². The molecular formula is C25H26ClN3O2. The molecule has 0 unspecified atom stereocenters. The summed E-state index contributed by atoms with van der Waals surface area (Å²) >= 11 is 6.07. The number of nitrogens with zero attached hydrogens (tertiary/aromatic N) is 2. The summed E-state index contributed by atoms with van der Waals surface area (Å²) in [6.45, 7) is 2.01. The number of aryl methyl sites for hydroxylation is 2. The van der Waals surface area contributed by atoms with Crippen molar-refractivity contribution in [3.8, 4) is 11.1 Å². The van der Waals surface area contributed by atoms with Gasteiger partial charge in [0.1, 0.15) is 0 Å². The topological polar surface area (TPSA) is 75.1 Å². The van der Waals surface area contributed by atoms with Crippen molar-refractivity contribution in [2.45, 2.75) is 38.2 Å². The van der Waals surface area contributed by atoms with Crippen LogP contribution in [0.15, 0.2) is 61.1 Å². The van der Waals surface area contributed by atoms with Gasteiger partial charge in [-0.25, -0.2) is 0 Å². The Morgan fingerprint density at radius 2 is 1.97 bits per heavy atom. The Hall–Kier alpha value is -2.76. The fourth-order valence-electron chi connectivity index (χ4n) is 3.72. The molecule has 2 heterocycles. The van der Waals surface area contributed by atoms with Gasteiger partial charge in [0.15, 0.2) is 0 Å². The van der Waals surface area contributed by atoms with Crippen molar-refractivity contribution in [3.63, 3.8) is 0 Å². The van der Waals surface area contributed by atoms with Crippen LogP contribution < -0.4 is 5.32 Å². The molecule has 3 aromatic rings. The molecule has 6 heteroatoms. The van der Waals surface area contributed by atoms with E-state index in [4.69, 9.17) is 11.6 Å². The molecule has 1 aliphatic rings. The average Bonchev–Trinajstić information content (AvgIpc) is 3.64. The number of aromatic nitrogens is 2. The number of benzene rings is 1. The molecule has 31 heavy (non-hydrogen) atoms. The van der Waals surface area contributed by atoms with Crippen LogP contribution in [0.4, 0.5) is 0 Å². The summed E-state index contributed by atoms with van der Waals surface area (Å²) in [5, 5.41) is 14.0. The number of carbonyl (C=O) groups excluding carboxylic acids is 1. The SMILES string of the molecule is C[C@](O)(CNC(=O)c1cnc(CCc2cccnc2)c(-c2ccc(Cl)cc2)c1)C1CC1. The first-order chi connectivity index (χ1) is 14.9. The van der Waals surface area contributed by atoms with Gasteiger partial charge < -0.3 is 10.4 Å². The Morgan fingerprint density at radius 1 is 1.19 bits per heavy atom. The van der Waals surface area contributed by atoms with E-state index in [9.17, 15) is 9.90 Å². The fourth-order valence-corrected chi connectivity index (χ4v) is 3.84. The van der Waals surface area contributed by atoms with Gasteiger partial charge in [0.05, 0.1) is 11.2 Å². The molecule has 5 nitrogen and oxygen atoms in total. The Labute approximate surface area is 187 Å². The van der Waals surface area contributed by atoms with Gasteiger partial charge in [-0.1, -0.05) is 29.8 Å². The van der Waals surface area contributed by atoms with E-state index in [1.807, 2.05) is 48.7 Å². The molecule has 1 aromatic carbocycles. The second-order valence-corrected chi connectivity index (χ2v) is 8.84. The van der Waals surface area contributed by atoms with Gasteiger partial charge in [0, 0.05) is 41.4 Å². The van der Waals surface area contributed by atoms with E-state index in [0.717, 1.165) is 48.1 Å². The van der Waals surface area contributed by atoms with E-state index in [1.54, 1.807) is 19.3 Å². The highest BCUT2D eigenvalue weighted by Crippen LogP contribution is 2.39. The zero-order valence-corrected chi connectivity index (χ0v) is 18.3. The van der Waals surface area contributed by atoms with Crippen molar-refractivity contribution in [2.24, 2.45) is 5.92 Å². The molecule has 2 N–H and O–H groups in total. The van der Waals surface area contributed by atoms with Crippen LogP contribution in [0.5, 0.6) is 0 Å². The van der Waals surface area contributed by atoms with E-state index in [0.29, 0.717) is 10.6 Å². The predicted octanol–water partition coefficient (Wildman–Crippen LogP) is 4.47. The highest BCUT2D eigenvalue weighted by molar-refractivity contribution is 6.30. The normalized spacial score (nSPS) is 15.3. The summed E-state index contributed by atoms with van der Waals surface area (Å²) in [4.78, 5) is 21.6. The maximum absolute atomic E-state index is 12.8. The third kappa shape index (κ3) is 5.49. The maximum atomic E-state index is 12.8. The van der Waals surface area contributed by atoms with Crippen molar-refractivity contribution in [1.82, 2.24) is 15.3 Å². The van der Waals surface area contributed by atoms with Gasteiger partial charge in [0.2, 0.25) is 0 Å². The van der Waals surface area contributed by atoms with Crippen LogP contribution in [-0.2, 0) is 12.8 Å². The molecule has 1 aliphatic carbocycles. The maximum Gasteiger partial charge on any atom is 0.252 e. The summed E-state index contributed by atoms with van der Waals surface area (Å²) < 4.78 is 0. The molecule has 1 saturated carbocycles. The summed E-state index contributed by atoms with van der Waals surface area (Å²) in [6.07, 6.45) is 8.77. The number of halogens is 1. The Balaban J connectivity index is 1.56. The first-order valence-corrected chi connectivity index (χ1v) is 10.9. The van der Waals surface area contributed by atoms with Crippen molar-refractivity contribution in [3.05, 3.63) is 82.9 Å².